The van der Waals surface area contributed by atoms with E-state index in [4.69, 9.17) is 4.98 Å². The van der Waals surface area contributed by atoms with E-state index < -0.39 is 0 Å². The molecule has 2 aromatic rings. The van der Waals surface area contributed by atoms with Crippen molar-refractivity contribution in [3.63, 3.8) is 0 Å². The van der Waals surface area contributed by atoms with E-state index in [0.717, 1.165) is 55.8 Å². The fraction of sp³-hybridized carbons (Fsp3) is 0.429. The van der Waals surface area contributed by atoms with E-state index in [1.165, 1.54) is 6.07 Å². The van der Waals surface area contributed by atoms with Crippen LogP contribution in [0.15, 0.2) is 42.5 Å². The number of piperidine rings is 1. The topological polar surface area (TPSA) is 57.3 Å². The van der Waals surface area contributed by atoms with Gasteiger partial charge in [-0.2, -0.15) is 0 Å². The minimum atomic E-state index is -0.215. The van der Waals surface area contributed by atoms with E-state index in [1.807, 2.05) is 23.1 Å². The molecule has 1 aromatic heterocycles. The van der Waals surface area contributed by atoms with Crippen LogP contribution in [0, 0.1) is 5.82 Å². The third-order valence-corrected chi connectivity index (χ3v) is 5.46. The zero-order valence-corrected chi connectivity index (χ0v) is 15.3. The fourth-order valence-electron chi connectivity index (χ4n) is 3.97. The van der Waals surface area contributed by atoms with E-state index in [-0.39, 0.29) is 17.8 Å². The number of nitrogens with zero attached hydrogens (tertiary/aromatic N) is 2. The number of pyridine rings is 1. The second-order valence-corrected chi connectivity index (χ2v) is 7.37. The van der Waals surface area contributed by atoms with Crippen LogP contribution in [0.5, 0.6) is 0 Å². The van der Waals surface area contributed by atoms with Crippen molar-refractivity contribution in [2.24, 2.45) is 0 Å². The number of nitrogens with one attached hydrogen (secondary N) is 2. The molecule has 2 aliphatic rings. The van der Waals surface area contributed by atoms with Crippen LogP contribution in [0.4, 0.5) is 4.39 Å². The van der Waals surface area contributed by atoms with Crippen LogP contribution in [-0.4, -0.2) is 41.5 Å². The highest BCUT2D eigenvalue weighted by molar-refractivity contribution is 5.82. The molecule has 3 heterocycles. The predicted molar refractivity (Wildman–Crippen MR) is 102 cm³/mol. The maximum absolute atomic E-state index is 13.4. The normalized spacial score (nSPS) is 20.8. The van der Waals surface area contributed by atoms with Gasteiger partial charge in [-0.3, -0.25) is 15.2 Å². The Morgan fingerprint density at radius 2 is 1.96 bits per heavy atom. The standard InChI is InChI=1S/C21H25FN4O/c22-17-4-1-3-15(13-17)14-18-5-2-6-19(24-18)16-8-11-26(12-9-16)21(27)20-7-10-23-25-20/h1-6,13,16,20,23,25H,7-12,14H2. The maximum Gasteiger partial charge on any atom is 0.241 e. The number of hydrogen-bond donors (Lipinski definition) is 2. The van der Waals surface area contributed by atoms with E-state index in [2.05, 4.69) is 16.9 Å². The Labute approximate surface area is 159 Å². The summed E-state index contributed by atoms with van der Waals surface area (Å²) in [7, 11) is 0. The molecule has 0 spiro atoms. The maximum atomic E-state index is 13.4. The van der Waals surface area contributed by atoms with Gasteiger partial charge in [-0.1, -0.05) is 18.2 Å². The van der Waals surface area contributed by atoms with Gasteiger partial charge in [-0.25, -0.2) is 9.82 Å². The van der Waals surface area contributed by atoms with Crippen molar-refractivity contribution in [1.29, 1.82) is 0 Å². The van der Waals surface area contributed by atoms with Gasteiger partial charge in [0.05, 0.1) is 0 Å². The Balaban J connectivity index is 1.37. The average Bonchev–Trinajstić information content (AvgIpc) is 3.23. The predicted octanol–water partition coefficient (Wildman–Crippen LogP) is 2.38. The molecule has 0 bridgehead atoms. The highest BCUT2D eigenvalue weighted by Gasteiger charge is 2.30. The zero-order valence-electron chi connectivity index (χ0n) is 15.3. The molecule has 1 aromatic carbocycles. The highest BCUT2D eigenvalue weighted by Crippen LogP contribution is 2.27. The van der Waals surface area contributed by atoms with E-state index in [0.29, 0.717) is 12.3 Å². The van der Waals surface area contributed by atoms with Crippen molar-refractivity contribution >= 4 is 5.91 Å². The molecule has 0 aliphatic carbocycles. The summed E-state index contributed by atoms with van der Waals surface area (Å²) in [5.41, 5.74) is 9.04. The van der Waals surface area contributed by atoms with Crippen LogP contribution in [0.1, 0.15) is 42.1 Å². The quantitative estimate of drug-likeness (QED) is 0.870. The summed E-state index contributed by atoms with van der Waals surface area (Å²) in [4.78, 5) is 19.3. The SMILES string of the molecule is O=C(C1CCNN1)N1CCC(c2cccc(Cc3cccc(F)c3)n2)CC1. The molecule has 6 heteroatoms. The Morgan fingerprint density at radius 1 is 1.15 bits per heavy atom. The molecule has 5 nitrogen and oxygen atoms in total. The zero-order chi connectivity index (χ0) is 18.6. The first-order valence-electron chi connectivity index (χ1n) is 9.66. The van der Waals surface area contributed by atoms with Gasteiger partial charge in [0.15, 0.2) is 0 Å². The summed E-state index contributed by atoms with van der Waals surface area (Å²) >= 11 is 0. The summed E-state index contributed by atoms with van der Waals surface area (Å²) < 4.78 is 13.4. The Morgan fingerprint density at radius 3 is 2.70 bits per heavy atom. The third-order valence-electron chi connectivity index (χ3n) is 5.46. The van der Waals surface area contributed by atoms with Gasteiger partial charge in [-0.15, -0.1) is 0 Å². The van der Waals surface area contributed by atoms with Gasteiger partial charge in [0.2, 0.25) is 5.91 Å². The number of carbonyl (C=O) groups excluding carboxylic acids is 1. The molecular formula is C21H25FN4O. The van der Waals surface area contributed by atoms with Crippen molar-refractivity contribution in [2.45, 2.75) is 37.6 Å². The van der Waals surface area contributed by atoms with Crippen molar-refractivity contribution in [3.05, 3.63) is 65.2 Å². The molecule has 27 heavy (non-hydrogen) atoms. The van der Waals surface area contributed by atoms with Crippen LogP contribution in [0.25, 0.3) is 0 Å². The van der Waals surface area contributed by atoms with Crippen molar-refractivity contribution < 1.29 is 9.18 Å². The van der Waals surface area contributed by atoms with Crippen LogP contribution < -0.4 is 10.9 Å². The van der Waals surface area contributed by atoms with E-state index in [1.54, 1.807) is 12.1 Å². The molecule has 0 radical (unpaired) electrons. The molecule has 2 saturated heterocycles. The minimum Gasteiger partial charge on any atom is -0.341 e. The number of aromatic nitrogens is 1. The van der Waals surface area contributed by atoms with Gasteiger partial charge in [-0.05, 0) is 49.1 Å². The molecule has 1 amide bonds. The first kappa shape index (κ1) is 18.1. The number of carbonyl (C=O) groups is 1. The highest BCUT2D eigenvalue weighted by atomic mass is 19.1. The van der Waals surface area contributed by atoms with E-state index in [9.17, 15) is 9.18 Å². The number of hydrogen-bond acceptors (Lipinski definition) is 4. The van der Waals surface area contributed by atoms with Gasteiger partial charge in [0.25, 0.3) is 0 Å². The first-order chi connectivity index (χ1) is 13.2. The Hall–Kier alpha value is -2.31. The lowest BCUT2D eigenvalue weighted by atomic mass is 9.92. The monoisotopic (exact) mass is 368 g/mol. The Bertz CT molecular complexity index is 798. The smallest absolute Gasteiger partial charge is 0.241 e. The van der Waals surface area contributed by atoms with Crippen molar-refractivity contribution in [3.8, 4) is 0 Å². The molecule has 142 valence electrons. The van der Waals surface area contributed by atoms with Crippen LogP contribution in [-0.2, 0) is 11.2 Å². The number of benzene rings is 1. The van der Waals surface area contributed by atoms with Gasteiger partial charge in [0.1, 0.15) is 11.9 Å². The number of rotatable bonds is 4. The number of halogens is 1. The summed E-state index contributed by atoms with van der Waals surface area (Å²) in [6, 6.07) is 12.7. The van der Waals surface area contributed by atoms with Crippen LogP contribution >= 0.6 is 0 Å². The molecule has 1 atom stereocenters. The number of hydrazine groups is 1. The summed E-state index contributed by atoms with van der Waals surface area (Å²) in [5, 5.41) is 0. The number of amides is 1. The van der Waals surface area contributed by atoms with Gasteiger partial charge < -0.3 is 4.90 Å². The molecule has 2 fully saturated rings. The van der Waals surface area contributed by atoms with Crippen molar-refractivity contribution in [2.75, 3.05) is 19.6 Å². The van der Waals surface area contributed by atoms with Crippen molar-refractivity contribution in [1.82, 2.24) is 20.7 Å². The fourth-order valence-corrected chi connectivity index (χ4v) is 3.97. The van der Waals surface area contributed by atoms with Crippen LogP contribution in [0.3, 0.4) is 0 Å². The lowest BCUT2D eigenvalue weighted by Crippen LogP contribution is -2.48. The molecule has 2 N–H and O–H groups in total. The molecule has 1 unspecified atom stereocenters. The average molecular weight is 368 g/mol. The largest absolute Gasteiger partial charge is 0.341 e. The Kier molecular flexibility index (Phi) is 5.45. The first-order valence-corrected chi connectivity index (χ1v) is 9.66. The molecule has 2 aliphatic heterocycles. The molecule has 4 rings (SSSR count). The van der Waals surface area contributed by atoms with Gasteiger partial charge >= 0.3 is 0 Å². The summed E-state index contributed by atoms with van der Waals surface area (Å²) in [6.45, 7) is 2.39. The third kappa shape index (κ3) is 4.34. The lowest BCUT2D eigenvalue weighted by Gasteiger charge is -2.33. The molecular weight excluding hydrogens is 343 g/mol. The minimum absolute atomic E-state index is 0.0886. The van der Waals surface area contributed by atoms with Gasteiger partial charge in [0, 0.05) is 43.4 Å². The summed E-state index contributed by atoms with van der Waals surface area (Å²) in [6.07, 6.45) is 3.34. The number of likely N-dealkylation sites (tertiary alicyclic amines) is 1. The molecule has 0 saturated carbocycles. The lowest BCUT2D eigenvalue weighted by molar-refractivity contribution is -0.134. The van der Waals surface area contributed by atoms with E-state index >= 15 is 0 Å². The van der Waals surface area contributed by atoms with Crippen LogP contribution in [0.2, 0.25) is 0 Å². The summed E-state index contributed by atoms with van der Waals surface area (Å²) in [5.74, 6) is 0.357. The second-order valence-electron chi connectivity index (χ2n) is 7.37. The second kappa shape index (κ2) is 8.15.